The van der Waals surface area contributed by atoms with Gasteiger partial charge in [0, 0.05) is 51.4 Å². The molecule has 1 rings (SSSR count). The smallest absolute Gasteiger partial charge is 0.320 e. The molecular weight excluding hydrogens is 678 g/mol. The summed E-state index contributed by atoms with van der Waals surface area (Å²) in [6.45, 7) is 16.0. The molecule has 0 saturated carbocycles. The Morgan fingerprint density at radius 3 is 1.15 bits per heavy atom. The lowest BCUT2D eigenvalue weighted by molar-refractivity contribution is -0.151. The van der Waals surface area contributed by atoms with Crippen LogP contribution in [-0.4, -0.2) is 160 Å². The van der Waals surface area contributed by atoms with Gasteiger partial charge in [0.2, 0.25) is 5.91 Å². The minimum atomic E-state index is -0.513. The number of nitrogens with one attached hydrogen (secondary N) is 1. The van der Waals surface area contributed by atoms with E-state index in [1.807, 2.05) is 55.4 Å². The van der Waals surface area contributed by atoms with Crippen LogP contribution < -0.4 is 5.32 Å². The Morgan fingerprint density at radius 2 is 0.846 bits per heavy atom. The zero-order valence-electron chi connectivity index (χ0n) is 32.4. The van der Waals surface area contributed by atoms with Gasteiger partial charge in [0.05, 0.1) is 59.2 Å². The average molecular weight is 740 g/mol. The highest BCUT2D eigenvalue weighted by atomic mass is 16.5. The Labute approximate surface area is 308 Å². The predicted octanol–water partition coefficient (Wildman–Crippen LogP) is 0.730. The fraction of sp³-hybridized carbons (Fsp3) is 0.750. The van der Waals surface area contributed by atoms with Gasteiger partial charge < -0.3 is 24.3 Å². The van der Waals surface area contributed by atoms with Crippen LogP contribution in [-0.2, 0) is 52.5 Å². The van der Waals surface area contributed by atoms with Gasteiger partial charge in [0.25, 0.3) is 11.8 Å². The molecule has 52 heavy (non-hydrogen) atoms. The Balaban J connectivity index is 3.12. The van der Waals surface area contributed by atoms with Gasteiger partial charge in [-0.2, -0.15) is 0 Å². The van der Waals surface area contributed by atoms with Crippen molar-refractivity contribution in [2.45, 2.75) is 55.4 Å². The van der Waals surface area contributed by atoms with E-state index in [0.717, 1.165) is 17.1 Å². The van der Waals surface area contributed by atoms with Crippen molar-refractivity contribution in [3.63, 3.8) is 0 Å². The molecule has 0 aliphatic carbocycles. The first-order chi connectivity index (χ1) is 24.4. The van der Waals surface area contributed by atoms with E-state index >= 15 is 0 Å². The number of imide groups is 1. The first kappa shape index (κ1) is 46.1. The molecule has 16 heteroatoms. The fourth-order valence-corrected chi connectivity index (χ4v) is 4.43. The number of carbonyl (C=O) groups excluding carboxylic acids is 7. The van der Waals surface area contributed by atoms with E-state index < -0.39 is 41.6 Å². The molecule has 0 spiro atoms. The molecule has 0 saturated heterocycles. The van der Waals surface area contributed by atoms with Crippen LogP contribution in [0.1, 0.15) is 55.4 Å². The molecular formula is C36H61N5O11. The van der Waals surface area contributed by atoms with Crippen molar-refractivity contribution in [1.82, 2.24) is 24.9 Å². The summed E-state index contributed by atoms with van der Waals surface area (Å²) in [6.07, 6.45) is 2.33. The lowest BCUT2D eigenvalue weighted by Gasteiger charge is -2.29. The highest BCUT2D eigenvalue weighted by Crippen LogP contribution is 2.04. The van der Waals surface area contributed by atoms with Gasteiger partial charge in [-0.05, 0) is 23.7 Å². The molecule has 296 valence electrons. The Hall–Kier alpha value is -3.89. The molecule has 0 radical (unpaired) electrons. The molecule has 0 aromatic rings. The van der Waals surface area contributed by atoms with E-state index in [4.69, 9.17) is 18.9 Å². The molecule has 0 unspecified atom stereocenters. The Kier molecular flexibility index (Phi) is 22.3. The van der Waals surface area contributed by atoms with Crippen molar-refractivity contribution in [1.29, 1.82) is 0 Å². The van der Waals surface area contributed by atoms with Gasteiger partial charge in [0.15, 0.2) is 0 Å². The third-order valence-electron chi connectivity index (χ3n) is 7.11. The molecule has 1 aliphatic heterocycles. The van der Waals surface area contributed by atoms with Gasteiger partial charge in [-0.3, -0.25) is 53.2 Å². The third-order valence-corrected chi connectivity index (χ3v) is 7.11. The molecule has 0 bridgehead atoms. The normalized spacial score (nSPS) is 13.0. The molecule has 1 N–H and O–H groups in total. The van der Waals surface area contributed by atoms with Crippen LogP contribution in [0.5, 0.6) is 0 Å². The third kappa shape index (κ3) is 22.1. The highest BCUT2D eigenvalue weighted by molar-refractivity contribution is 6.12. The van der Waals surface area contributed by atoms with Crippen LogP contribution in [0.25, 0.3) is 0 Å². The fourth-order valence-electron chi connectivity index (χ4n) is 4.43. The number of carbonyl (C=O) groups is 7. The van der Waals surface area contributed by atoms with E-state index in [0.29, 0.717) is 0 Å². The second kappa shape index (κ2) is 25.1. The van der Waals surface area contributed by atoms with Crippen LogP contribution in [0.15, 0.2) is 12.2 Å². The zero-order valence-corrected chi connectivity index (χ0v) is 32.4. The Bertz CT molecular complexity index is 1080. The van der Waals surface area contributed by atoms with E-state index in [1.165, 1.54) is 0 Å². The lowest BCUT2D eigenvalue weighted by Crippen LogP contribution is -2.48. The topological polar surface area (TPSA) is 181 Å². The largest absolute Gasteiger partial charge is 0.464 e. The van der Waals surface area contributed by atoms with Gasteiger partial charge >= 0.3 is 23.9 Å². The van der Waals surface area contributed by atoms with Crippen LogP contribution in [0, 0.1) is 23.7 Å². The van der Waals surface area contributed by atoms with Crippen molar-refractivity contribution in [3.05, 3.63) is 12.2 Å². The summed E-state index contributed by atoms with van der Waals surface area (Å²) in [6, 6.07) is 0. The highest BCUT2D eigenvalue weighted by Gasteiger charge is 2.24. The molecule has 1 heterocycles. The van der Waals surface area contributed by atoms with E-state index in [9.17, 15) is 33.6 Å². The number of hydrogen-bond donors (Lipinski definition) is 1. The lowest BCUT2D eigenvalue weighted by atomic mass is 10.2. The average Bonchev–Trinajstić information content (AvgIpc) is 3.37. The minimum Gasteiger partial charge on any atom is -0.464 e. The molecule has 16 nitrogen and oxygen atoms in total. The van der Waals surface area contributed by atoms with Crippen molar-refractivity contribution in [2.75, 3.05) is 98.4 Å². The van der Waals surface area contributed by atoms with Crippen molar-refractivity contribution in [2.24, 2.45) is 23.7 Å². The maximum Gasteiger partial charge on any atom is 0.320 e. The standard InChI is InChI=1S/C36H61N5O11/c1-26(2)22-49-33(45)18-39(19-34(46)50-23-27(3)4)15-13-38(17-30(42)37-11-12-41-31(43)9-10-32(41)44)14-16-40(20-35(47)51-24-28(5)6)21-36(48)52-25-29(7)8/h9-10,26-29H,11-25H2,1-8H3,(H,37,42). The molecule has 0 fully saturated rings. The monoisotopic (exact) mass is 739 g/mol. The summed E-state index contributed by atoms with van der Waals surface area (Å²) in [5, 5.41) is 2.72. The first-order valence-corrected chi connectivity index (χ1v) is 18.0. The molecule has 0 atom stereocenters. The van der Waals surface area contributed by atoms with E-state index in [1.54, 1.807) is 14.7 Å². The SMILES string of the molecule is CC(C)COC(=O)CN(CCN(CCN(CC(=O)OCC(C)C)CC(=O)OCC(C)C)CC(=O)NCCN1C(=O)C=CC1=O)CC(=O)OCC(C)C. The summed E-state index contributed by atoms with van der Waals surface area (Å²) in [5.74, 6) is -2.91. The van der Waals surface area contributed by atoms with Gasteiger partial charge in [-0.15, -0.1) is 0 Å². The van der Waals surface area contributed by atoms with Gasteiger partial charge in [-0.1, -0.05) is 55.4 Å². The van der Waals surface area contributed by atoms with Crippen LogP contribution in [0.2, 0.25) is 0 Å². The number of ether oxygens (including phenoxy) is 4. The summed E-state index contributed by atoms with van der Waals surface area (Å²) < 4.78 is 21.4. The Morgan fingerprint density at radius 1 is 0.538 bits per heavy atom. The predicted molar refractivity (Wildman–Crippen MR) is 191 cm³/mol. The number of amides is 3. The minimum absolute atomic E-state index is 0.00802. The van der Waals surface area contributed by atoms with Gasteiger partial charge in [-0.25, -0.2) is 0 Å². The van der Waals surface area contributed by atoms with Gasteiger partial charge in [0.1, 0.15) is 0 Å². The first-order valence-electron chi connectivity index (χ1n) is 18.0. The van der Waals surface area contributed by atoms with E-state index in [-0.39, 0.29) is 122 Å². The number of rotatable bonds is 27. The second-order valence-electron chi connectivity index (χ2n) is 14.5. The second-order valence-corrected chi connectivity index (χ2v) is 14.5. The number of esters is 4. The molecule has 3 amide bonds. The quantitative estimate of drug-likeness (QED) is 0.0708. The summed E-state index contributed by atoms with van der Waals surface area (Å²) in [4.78, 5) is 93.5. The van der Waals surface area contributed by atoms with Crippen molar-refractivity contribution >= 4 is 41.6 Å². The zero-order chi connectivity index (χ0) is 39.2. The maximum atomic E-state index is 13.1. The molecule has 0 aromatic carbocycles. The molecule has 1 aliphatic rings. The molecule has 0 aromatic heterocycles. The van der Waals surface area contributed by atoms with Crippen molar-refractivity contribution < 1.29 is 52.5 Å². The number of hydrogen-bond acceptors (Lipinski definition) is 14. The van der Waals surface area contributed by atoms with Crippen LogP contribution >= 0.6 is 0 Å². The van der Waals surface area contributed by atoms with Crippen LogP contribution in [0.4, 0.5) is 0 Å². The number of nitrogens with zero attached hydrogens (tertiary/aromatic N) is 4. The maximum absolute atomic E-state index is 13.1. The summed E-state index contributed by atoms with van der Waals surface area (Å²) in [7, 11) is 0. The summed E-state index contributed by atoms with van der Waals surface area (Å²) >= 11 is 0. The van der Waals surface area contributed by atoms with Crippen molar-refractivity contribution in [3.8, 4) is 0 Å². The van der Waals surface area contributed by atoms with Crippen LogP contribution in [0.3, 0.4) is 0 Å². The summed E-state index contributed by atoms with van der Waals surface area (Å²) in [5.41, 5.74) is 0. The van der Waals surface area contributed by atoms with E-state index in [2.05, 4.69) is 5.32 Å².